The molecule has 2 N–H and O–H groups in total. The Morgan fingerprint density at radius 3 is 2.00 bits per heavy atom. The van der Waals surface area contributed by atoms with Crippen LogP contribution in [0.1, 0.15) is 33.6 Å². The van der Waals surface area contributed by atoms with Crippen LogP contribution in [0.4, 0.5) is 0 Å². The Bertz CT molecular complexity index is 952. The Morgan fingerprint density at radius 1 is 0.909 bits per heavy atom. The maximum absolute atomic E-state index is 12.7. The van der Waals surface area contributed by atoms with E-state index in [0.717, 1.165) is 11.8 Å². The van der Waals surface area contributed by atoms with E-state index in [1.54, 1.807) is 31.4 Å². The molecule has 0 heterocycles. The predicted octanol–water partition coefficient (Wildman–Crippen LogP) is 3.26. The predicted molar refractivity (Wildman–Crippen MR) is 124 cm³/mol. The van der Waals surface area contributed by atoms with Crippen LogP contribution in [0.5, 0.6) is 23.0 Å². The molecular weight excluding hydrogens is 450 g/mol. The summed E-state index contributed by atoms with van der Waals surface area (Å²) in [6.07, 6.45) is 0.577. The van der Waals surface area contributed by atoms with Gasteiger partial charge in [-0.05, 0) is 49.2 Å². The molecule has 9 nitrogen and oxygen atoms in total. The lowest BCUT2D eigenvalue weighted by Crippen LogP contribution is -2.40. The molecule has 0 saturated heterocycles. The maximum Gasteiger partial charge on any atom is 0.326 e. The third kappa shape index (κ3) is 7.04. The minimum Gasteiger partial charge on any atom is -0.497 e. The third-order valence-corrected chi connectivity index (χ3v) is 5.72. The van der Waals surface area contributed by atoms with E-state index < -0.39 is 17.9 Å². The van der Waals surface area contributed by atoms with Gasteiger partial charge < -0.3 is 29.4 Å². The number of ether oxygens (including phenoxy) is 4. The number of methoxy groups -OCH3 is 4. The number of benzene rings is 2. The van der Waals surface area contributed by atoms with Gasteiger partial charge in [0.1, 0.15) is 11.8 Å². The van der Waals surface area contributed by atoms with Gasteiger partial charge in [-0.25, -0.2) is 4.79 Å². The van der Waals surface area contributed by atoms with E-state index in [9.17, 15) is 19.5 Å². The Morgan fingerprint density at radius 2 is 1.52 bits per heavy atom. The average Bonchev–Trinajstić information content (AvgIpc) is 2.84. The van der Waals surface area contributed by atoms with Crippen molar-refractivity contribution in [3.8, 4) is 23.0 Å². The molecule has 33 heavy (non-hydrogen) atoms. The second kappa shape index (κ2) is 12.6. The van der Waals surface area contributed by atoms with Crippen LogP contribution in [0.3, 0.4) is 0 Å². The van der Waals surface area contributed by atoms with E-state index in [0.29, 0.717) is 29.2 Å². The Kier molecular flexibility index (Phi) is 9.86. The van der Waals surface area contributed by atoms with Crippen molar-refractivity contribution < 1.29 is 38.4 Å². The van der Waals surface area contributed by atoms with Crippen molar-refractivity contribution in [2.45, 2.75) is 18.9 Å². The van der Waals surface area contributed by atoms with Gasteiger partial charge in [0.2, 0.25) is 10.9 Å². The van der Waals surface area contributed by atoms with Crippen molar-refractivity contribution in [3.05, 3.63) is 47.5 Å². The summed E-state index contributed by atoms with van der Waals surface area (Å²) in [5.74, 6) is 0.193. The van der Waals surface area contributed by atoms with Crippen molar-refractivity contribution in [1.29, 1.82) is 0 Å². The molecule has 0 aliphatic carbocycles. The number of aliphatic carboxylic acids is 1. The zero-order valence-corrected chi connectivity index (χ0v) is 19.7. The molecule has 0 aliphatic rings. The van der Waals surface area contributed by atoms with E-state index in [2.05, 4.69) is 5.32 Å². The van der Waals surface area contributed by atoms with Gasteiger partial charge in [0.25, 0.3) is 5.91 Å². The number of carbonyl (C=O) groups excluding carboxylic acids is 2. The van der Waals surface area contributed by atoms with Crippen LogP contribution in [-0.4, -0.2) is 62.3 Å². The molecule has 0 saturated carbocycles. The molecule has 0 aliphatic heterocycles. The minimum atomic E-state index is -1.16. The number of rotatable bonds is 12. The summed E-state index contributed by atoms with van der Waals surface area (Å²) >= 11 is 1.09. The van der Waals surface area contributed by atoms with Gasteiger partial charge in [0.15, 0.2) is 11.5 Å². The SMILES string of the molecule is COc1ccc(C(=O)SCCCC(NC(=O)c2cc(OC)c(OC)c(OC)c2)C(=O)O)cc1. The lowest BCUT2D eigenvalue weighted by atomic mass is 10.1. The fraction of sp³-hybridized carbons (Fsp3) is 0.348. The third-order valence-electron chi connectivity index (χ3n) is 4.73. The van der Waals surface area contributed by atoms with Gasteiger partial charge in [-0.15, -0.1) is 0 Å². The molecule has 1 amide bonds. The van der Waals surface area contributed by atoms with Gasteiger partial charge >= 0.3 is 5.97 Å². The van der Waals surface area contributed by atoms with E-state index in [-0.39, 0.29) is 28.6 Å². The van der Waals surface area contributed by atoms with Crippen molar-refractivity contribution >= 4 is 28.8 Å². The summed E-state index contributed by atoms with van der Waals surface area (Å²) in [6, 6.07) is 8.52. The first-order valence-electron chi connectivity index (χ1n) is 9.99. The smallest absolute Gasteiger partial charge is 0.326 e. The first-order chi connectivity index (χ1) is 15.8. The quantitative estimate of drug-likeness (QED) is 0.444. The zero-order valence-electron chi connectivity index (χ0n) is 18.9. The van der Waals surface area contributed by atoms with Crippen LogP contribution in [0.25, 0.3) is 0 Å². The minimum absolute atomic E-state index is 0.119. The van der Waals surface area contributed by atoms with Crippen LogP contribution in [0.15, 0.2) is 36.4 Å². The molecular formula is C23H27NO8S. The average molecular weight is 478 g/mol. The number of hydrogen-bond acceptors (Lipinski definition) is 8. The Hall–Kier alpha value is -3.40. The summed E-state index contributed by atoms with van der Waals surface area (Å²) in [4.78, 5) is 36.6. The lowest BCUT2D eigenvalue weighted by Gasteiger charge is -2.17. The lowest BCUT2D eigenvalue weighted by molar-refractivity contribution is -0.139. The molecule has 0 radical (unpaired) electrons. The van der Waals surface area contributed by atoms with Gasteiger partial charge in [0.05, 0.1) is 28.4 Å². The highest BCUT2D eigenvalue weighted by Crippen LogP contribution is 2.38. The molecule has 2 rings (SSSR count). The van der Waals surface area contributed by atoms with Crippen molar-refractivity contribution in [2.75, 3.05) is 34.2 Å². The molecule has 2 aromatic carbocycles. The van der Waals surface area contributed by atoms with Crippen LogP contribution in [0, 0.1) is 0 Å². The number of carboxylic acids is 1. The molecule has 2 aromatic rings. The van der Waals surface area contributed by atoms with Crippen LogP contribution in [-0.2, 0) is 4.79 Å². The maximum atomic E-state index is 12.7. The van der Waals surface area contributed by atoms with E-state index in [1.807, 2.05) is 0 Å². The summed E-state index contributed by atoms with van der Waals surface area (Å²) in [5.41, 5.74) is 0.700. The highest BCUT2D eigenvalue weighted by Gasteiger charge is 2.23. The summed E-state index contributed by atoms with van der Waals surface area (Å²) < 4.78 is 20.8. The molecule has 0 fully saturated rings. The number of carboxylic acid groups (broad SMARTS) is 1. The monoisotopic (exact) mass is 477 g/mol. The number of thioether (sulfide) groups is 1. The van der Waals surface area contributed by atoms with E-state index in [1.165, 1.54) is 33.5 Å². The molecule has 0 spiro atoms. The van der Waals surface area contributed by atoms with Crippen LogP contribution >= 0.6 is 11.8 Å². The second-order valence-corrected chi connectivity index (χ2v) is 7.85. The van der Waals surface area contributed by atoms with Crippen molar-refractivity contribution in [3.63, 3.8) is 0 Å². The first-order valence-corrected chi connectivity index (χ1v) is 11.0. The largest absolute Gasteiger partial charge is 0.497 e. The Balaban J connectivity index is 1.95. The molecule has 0 aromatic heterocycles. The summed E-state index contributed by atoms with van der Waals surface area (Å²) in [5, 5.41) is 11.9. The van der Waals surface area contributed by atoms with E-state index in [4.69, 9.17) is 18.9 Å². The summed E-state index contributed by atoms with van der Waals surface area (Å²) in [6.45, 7) is 0. The topological polar surface area (TPSA) is 120 Å². The van der Waals surface area contributed by atoms with Crippen molar-refractivity contribution in [2.24, 2.45) is 0 Å². The van der Waals surface area contributed by atoms with Gasteiger partial charge in [-0.1, -0.05) is 11.8 Å². The number of hydrogen-bond donors (Lipinski definition) is 2. The highest BCUT2D eigenvalue weighted by molar-refractivity contribution is 8.14. The molecule has 178 valence electrons. The van der Waals surface area contributed by atoms with Gasteiger partial charge in [0, 0.05) is 16.9 Å². The first kappa shape index (κ1) is 25.9. The normalized spacial score (nSPS) is 11.3. The number of amides is 1. The molecule has 10 heteroatoms. The standard InChI is InChI=1S/C23H27NO8S/c1-29-16-9-7-14(8-10-16)23(28)33-11-5-6-17(22(26)27)24-21(25)15-12-18(30-2)20(32-4)19(13-15)31-3/h7-10,12-13,17H,5-6,11H2,1-4H3,(H,24,25)(H,26,27). The van der Waals surface area contributed by atoms with Gasteiger partial charge in [-0.2, -0.15) is 0 Å². The molecule has 0 bridgehead atoms. The molecule has 1 unspecified atom stereocenters. The fourth-order valence-corrected chi connectivity index (χ4v) is 3.77. The fourth-order valence-electron chi connectivity index (χ4n) is 2.97. The van der Waals surface area contributed by atoms with Crippen LogP contribution < -0.4 is 24.3 Å². The summed E-state index contributed by atoms with van der Waals surface area (Å²) in [7, 11) is 5.83. The van der Waals surface area contributed by atoms with Crippen LogP contribution in [0.2, 0.25) is 0 Å². The number of nitrogens with one attached hydrogen (secondary N) is 1. The van der Waals surface area contributed by atoms with E-state index >= 15 is 0 Å². The van der Waals surface area contributed by atoms with Crippen molar-refractivity contribution in [1.82, 2.24) is 5.32 Å². The zero-order chi connectivity index (χ0) is 24.4. The van der Waals surface area contributed by atoms with Gasteiger partial charge in [-0.3, -0.25) is 9.59 Å². The second-order valence-electron chi connectivity index (χ2n) is 6.78. The Labute approximate surface area is 196 Å². The number of carbonyl (C=O) groups is 3. The molecule has 1 atom stereocenters. The highest BCUT2D eigenvalue weighted by atomic mass is 32.2.